The fourth-order valence-corrected chi connectivity index (χ4v) is 3.29. The van der Waals surface area contributed by atoms with E-state index < -0.39 is 30.4 Å². The van der Waals surface area contributed by atoms with Crippen molar-refractivity contribution in [3.05, 3.63) is 52.3 Å². The van der Waals surface area contributed by atoms with Crippen LogP contribution in [0.25, 0.3) is 0 Å². The Balaban J connectivity index is 1.83. The molecule has 0 fully saturated rings. The van der Waals surface area contributed by atoms with Crippen LogP contribution in [0.1, 0.15) is 47.3 Å². The van der Waals surface area contributed by atoms with Gasteiger partial charge in [0.2, 0.25) is 5.91 Å². The van der Waals surface area contributed by atoms with Crippen LogP contribution in [-0.4, -0.2) is 25.9 Å². The quantitative estimate of drug-likeness (QED) is 0.664. The number of carbonyl (C=O) groups is 1. The summed E-state index contributed by atoms with van der Waals surface area (Å²) in [7, 11) is 0. The van der Waals surface area contributed by atoms with E-state index >= 15 is 0 Å². The van der Waals surface area contributed by atoms with Gasteiger partial charge in [0.25, 0.3) is 0 Å². The number of aromatic nitrogens is 2. The lowest BCUT2D eigenvalue weighted by molar-refractivity contribution is -0.150. The maximum Gasteiger partial charge on any atom is 0.435 e. The third-order valence-electron chi connectivity index (χ3n) is 4.45. The number of nitrogens with zero attached hydrogens (tertiary/aromatic N) is 3. The molecule has 0 aliphatic heterocycles. The molecule has 140 valence electrons. The summed E-state index contributed by atoms with van der Waals surface area (Å²) < 4.78 is 53.7. The van der Waals surface area contributed by atoms with Crippen molar-refractivity contribution in [3.8, 4) is 0 Å². The van der Waals surface area contributed by atoms with Crippen molar-refractivity contribution in [1.29, 1.82) is 0 Å². The summed E-state index contributed by atoms with van der Waals surface area (Å²) in [5.74, 6) is -0.667. The van der Waals surface area contributed by atoms with Gasteiger partial charge >= 0.3 is 6.18 Å². The number of amides is 1. The van der Waals surface area contributed by atoms with Crippen LogP contribution in [0.3, 0.4) is 0 Å². The zero-order valence-corrected chi connectivity index (χ0v) is 13.9. The minimum atomic E-state index is -4.63. The van der Waals surface area contributed by atoms with E-state index in [4.69, 9.17) is 5.11 Å². The number of aryl methyl sites for hydroxylation is 1. The molecule has 1 unspecified atom stereocenters. The molecule has 1 aliphatic carbocycles. The van der Waals surface area contributed by atoms with Gasteiger partial charge in [-0.15, -0.1) is 0 Å². The third kappa shape index (κ3) is 3.44. The van der Waals surface area contributed by atoms with Crippen LogP contribution >= 0.6 is 0 Å². The molecule has 1 aromatic heterocycles. The summed E-state index contributed by atoms with van der Waals surface area (Å²) in [5.41, 5.74) is 0.892. The van der Waals surface area contributed by atoms with E-state index in [2.05, 4.69) is 5.10 Å². The van der Waals surface area contributed by atoms with Gasteiger partial charge in [0.15, 0.2) is 5.69 Å². The maximum atomic E-state index is 13.9. The van der Waals surface area contributed by atoms with Crippen LogP contribution in [0, 0.1) is 0 Å². The monoisotopic (exact) mass is 371 g/mol. The first-order valence-electron chi connectivity index (χ1n) is 8.02. The van der Waals surface area contributed by atoms with Crippen molar-refractivity contribution in [1.82, 2.24) is 14.9 Å². The second kappa shape index (κ2) is 6.71. The molecule has 9 heteroatoms. The zero-order valence-electron chi connectivity index (χ0n) is 13.9. The highest BCUT2D eigenvalue weighted by atomic mass is 19.4. The van der Waals surface area contributed by atoms with Gasteiger partial charge in [-0.25, -0.2) is 0 Å². The van der Waals surface area contributed by atoms with Crippen molar-refractivity contribution < 1.29 is 27.6 Å². The number of alkyl halides is 3. The molecule has 1 amide bonds. The molecule has 1 aromatic carbocycles. The van der Waals surface area contributed by atoms with E-state index in [0.29, 0.717) is 24.0 Å². The summed E-state index contributed by atoms with van der Waals surface area (Å²) in [5, 5.41) is 12.8. The number of rotatable bonds is 4. The summed E-state index contributed by atoms with van der Waals surface area (Å²) >= 11 is 0. The highest BCUT2D eigenvalue weighted by Crippen LogP contribution is 2.37. The predicted molar refractivity (Wildman–Crippen MR) is 83.4 cm³/mol. The maximum absolute atomic E-state index is 13.9. The second-order valence-electron chi connectivity index (χ2n) is 6.27. The molecule has 1 heterocycles. The van der Waals surface area contributed by atoms with E-state index in [1.807, 2.05) is 0 Å². The number of benzene rings is 1. The minimum Gasteiger partial charge on any atom is -0.392 e. The van der Waals surface area contributed by atoms with Gasteiger partial charge in [0.1, 0.15) is 0 Å². The molecule has 3 rings (SSSR count). The molecule has 26 heavy (non-hydrogen) atoms. The molecular weight excluding hydrogens is 354 g/mol. The van der Waals surface area contributed by atoms with Gasteiger partial charge < -0.3 is 5.11 Å². The number of halogens is 4. The van der Waals surface area contributed by atoms with Gasteiger partial charge in [-0.3, -0.25) is 9.48 Å². The lowest BCUT2D eigenvalue weighted by atomic mass is 10.0. The summed E-state index contributed by atoms with van der Waals surface area (Å²) in [6.07, 6.45) is -2.43. The molecule has 0 radical (unpaired) electrons. The largest absolute Gasteiger partial charge is 0.435 e. The molecule has 1 N–H and O–H groups in total. The van der Waals surface area contributed by atoms with Crippen LogP contribution in [-0.2, 0) is 30.5 Å². The molecule has 1 atom stereocenters. The Morgan fingerprint density at radius 1 is 1.42 bits per heavy atom. The molecule has 0 spiro atoms. The van der Waals surface area contributed by atoms with Gasteiger partial charge in [-0.2, -0.15) is 23.4 Å². The fraction of sp³-hybridized carbons (Fsp3) is 0.412. The lowest BCUT2D eigenvalue weighted by Gasteiger charge is -2.18. The normalized spacial score (nSPS) is 16.6. The Bertz CT molecular complexity index is 832. The summed E-state index contributed by atoms with van der Waals surface area (Å²) in [6.45, 7) is 0.492. The van der Waals surface area contributed by atoms with Gasteiger partial charge in [-0.05, 0) is 29.5 Å². The SMILES string of the molecule is CC(=O)N(F)C1CCc2cc(Cn3cc(CO)c(C(F)(F)F)n3)ccc21. The third-order valence-corrected chi connectivity index (χ3v) is 4.45. The topological polar surface area (TPSA) is 58.4 Å². The highest BCUT2D eigenvalue weighted by molar-refractivity contribution is 5.72. The lowest BCUT2D eigenvalue weighted by Crippen LogP contribution is -2.23. The van der Waals surface area contributed by atoms with Crippen molar-refractivity contribution in [3.63, 3.8) is 0 Å². The summed E-state index contributed by atoms with van der Waals surface area (Å²) in [6, 6.07) is 4.54. The number of aliphatic hydroxyl groups excluding tert-OH is 1. The average molecular weight is 371 g/mol. The first-order chi connectivity index (χ1) is 12.2. The number of hydrogen-bond donors (Lipinski definition) is 1. The van der Waals surface area contributed by atoms with Crippen LogP contribution in [0.2, 0.25) is 0 Å². The smallest absolute Gasteiger partial charge is 0.392 e. The van der Waals surface area contributed by atoms with E-state index in [1.54, 1.807) is 18.2 Å². The van der Waals surface area contributed by atoms with E-state index in [9.17, 15) is 22.4 Å². The zero-order chi connectivity index (χ0) is 19.1. The standard InChI is InChI=1S/C17H17F4N3O2/c1-10(26)24(21)15-5-3-12-6-11(2-4-14(12)15)7-23-8-13(9-25)16(22-23)17(18,19)20/h2,4,6,8,15,25H,3,5,7,9H2,1H3. The minimum absolute atomic E-state index is 0.0904. The Hall–Kier alpha value is -2.42. The molecule has 0 saturated heterocycles. The number of hydrogen-bond acceptors (Lipinski definition) is 3. The van der Waals surface area contributed by atoms with Gasteiger partial charge in [0.05, 0.1) is 19.2 Å². The van der Waals surface area contributed by atoms with Crippen LogP contribution in [0.15, 0.2) is 24.4 Å². The molecular formula is C17H17F4N3O2. The predicted octanol–water partition coefficient (Wildman–Crippen LogP) is 3.16. The van der Waals surface area contributed by atoms with Crippen molar-refractivity contribution >= 4 is 5.91 Å². The van der Waals surface area contributed by atoms with E-state index in [-0.39, 0.29) is 17.2 Å². The molecule has 0 saturated carbocycles. The van der Waals surface area contributed by atoms with Gasteiger partial charge in [0, 0.05) is 18.7 Å². The molecule has 1 aliphatic rings. The van der Waals surface area contributed by atoms with Crippen molar-refractivity contribution in [2.45, 2.75) is 45.1 Å². The second-order valence-corrected chi connectivity index (χ2v) is 6.27. The Labute approximate surface area is 146 Å². The van der Waals surface area contributed by atoms with Gasteiger partial charge in [-0.1, -0.05) is 22.7 Å². The van der Waals surface area contributed by atoms with Crippen molar-refractivity contribution in [2.75, 3.05) is 0 Å². The summed E-state index contributed by atoms with van der Waals surface area (Å²) in [4.78, 5) is 11.2. The van der Waals surface area contributed by atoms with Crippen molar-refractivity contribution in [2.24, 2.45) is 0 Å². The fourth-order valence-electron chi connectivity index (χ4n) is 3.29. The van der Waals surface area contributed by atoms with E-state index in [0.717, 1.165) is 23.4 Å². The van der Waals surface area contributed by atoms with Crippen LogP contribution in [0.5, 0.6) is 0 Å². The van der Waals surface area contributed by atoms with Crippen LogP contribution in [0.4, 0.5) is 17.7 Å². The number of aliphatic hydroxyl groups is 1. The Morgan fingerprint density at radius 3 is 2.73 bits per heavy atom. The molecule has 5 nitrogen and oxygen atoms in total. The first kappa shape index (κ1) is 18.4. The van der Waals surface area contributed by atoms with E-state index in [1.165, 1.54) is 0 Å². The molecule has 0 bridgehead atoms. The molecule has 2 aromatic rings. The highest BCUT2D eigenvalue weighted by Gasteiger charge is 2.37. The Kier molecular flexibility index (Phi) is 4.74. The van der Waals surface area contributed by atoms with Crippen LogP contribution < -0.4 is 0 Å². The Morgan fingerprint density at radius 2 is 2.15 bits per heavy atom. The number of carbonyl (C=O) groups excluding carboxylic acids is 1. The number of fused-ring (bicyclic) bond motifs is 1. The first-order valence-corrected chi connectivity index (χ1v) is 8.02. The average Bonchev–Trinajstić information content (AvgIpc) is 3.17.